The highest BCUT2D eigenvalue weighted by Crippen LogP contribution is 2.21. The van der Waals surface area contributed by atoms with Gasteiger partial charge in [-0.1, -0.05) is 11.6 Å². The minimum atomic E-state index is -4.43. The molecule has 0 heterocycles. The van der Waals surface area contributed by atoms with Crippen LogP contribution in [0.5, 0.6) is 0 Å². The smallest absolute Gasteiger partial charge is 0.282 e. The molecule has 1 aromatic rings. The van der Waals surface area contributed by atoms with Gasteiger partial charge in [0, 0.05) is 0 Å². The first kappa shape index (κ1) is 12.6. The van der Waals surface area contributed by atoms with E-state index in [9.17, 15) is 12.8 Å². The molecule has 0 saturated carbocycles. The highest BCUT2D eigenvalue weighted by Gasteiger charge is 2.14. The second kappa shape index (κ2) is 4.23. The summed E-state index contributed by atoms with van der Waals surface area (Å²) in [5.41, 5.74) is 0. The zero-order chi connectivity index (χ0) is 9.35. The standard InChI is InChI=1S/C6H4ClFO3S.ClH/c7-5-2-1-4(8)3-6(5)12(9,10)11;/h1-3H,(H,9,10,11);1H. The molecular formula is C6H5Cl2FO3S. The van der Waals surface area contributed by atoms with Gasteiger partial charge >= 0.3 is 0 Å². The molecule has 0 aliphatic carbocycles. The van der Waals surface area contributed by atoms with E-state index in [1.165, 1.54) is 0 Å². The van der Waals surface area contributed by atoms with Crippen LogP contribution in [0.4, 0.5) is 4.39 Å². The van der Waals surface area contributed by atoms with E-state index < -0.39 is 20.8 Å². The highest BCUT2D eigenvalue weighted by atomic mass is 35.5. The summed E-state index contributed by atoms with van der Waals surface area (Å²) >= 11 is 5.38. The lowest BCUT2D eigenvalue weighted by molar-refractivity contribution is 0.482. The Hall–Kier alpha value is -0.360. The van der Waals surface area contributed by atoms with E-state index >= 15 is 0 Å². The number of hydrogen-bond donors (Lipinski definition) is 1. The normalized spacial score (nSPS) is 10.7. The van der Waals surface area contributed by atoms with Crippen LogP contribution in [-0.2, 0) is 10.1 Å². The van der Waals surface area contributed by atoms with Gasteiger partial charge in [0.05, 0.1) is 5.02 Å². The Labute approximate surface area is 85.7 Å². The number of halogens is 3. The molecule has 0 bridgehead atoms. The number of benzene rings is 1. The van der Waals surface area contributed by atoms with Crippen LogP contribution in [0.1, 0.15) is 0 Å². The second-order valence-electron chi connectivity index (χ2n) is 2.05. The molecule has 0 spiro atoms. The van der Waals surface area contributed by atoms with Gasteiger partial charge in [-0.25, -0.2) is 4.39 Å². The van der Waals surface area contributed by atoms with E-state index in [4.69, 9.17) is 16.2 Å². The molecule has 0 amide bonds. The van der Waals surface area contributed by atoms with E-state index in [0.29, 0.717) is 6.07 Å². The van der Waals surface area contributed by atoms with Gasteiger partial charge in [0.15, 0.2) is 0 Å². The Morgan fingerprint density at radius 2 is 1.92 bits per heavy atom. The second-order valence-corrected chi connectivity index (χ2v) is 3.85. The van der Waals surface area contributed by atoms with Crippen molar-refractivity contribution < 1.29 is 17.4 Å². The molecule has 74 valence electrons. The van der Waals surface area contributed by atoms with Crippen molar-refractivity contribution in [1.82, 2.24) is 0 Å². The van der Waals surface area contributed by atoms with Crippen molar-refractivity contribution in [2.45, 2.75) is 4.90 Å². The Kier molecular flexibility index (Phi) is 4.12. The van der Waals surface area contributed by atoms with Crippen molar-refractivity contribution >= 4 is 34.1 Å². The molecule has 0 fully saturated rings. The van der Waals surface area contributed by atoms with Crippen LogP contribution in [0.15, 0.2) is 23.1 Å². The maximum absolute atomic E-state index is 12.4. The van der Waals surface area contributed by atoms with E-state index in [2.05, 4.69) is 0 Å². The fraction of sp³-hybridized carbons (Fsp3) is 0. The van der Waals surface area contributed by atoms with E-state index in [1.807, 2.05) is 0 Å². The van der Waals surface area contributed by atoms with E-state index in [0.717, 1.165) is 12.1 Å². The average molecular weight is 247 g/mol. The van der Waals surface area contributed by atoms with Crippen LogP contribution < -0.4 is 0 Å². The molecule has 13 heavy (non-hydrogen) atoms. The molecule has 0 atom stereocenters. The number of hydrogen-bond acceptors (Lipinski definition) is 2. The van der Waals surface area contributed by atoms with Crippen LogP contribution in [-0.4, -0.2) is 13.0 Å². The lowest BCUT2D eigenvalue weighted by Gasteiger charge is -1.98. The molecule has 1 N–H and O–H groups in total. The Morgan fingerprint density at radius 3 is 2.31 bits per heavy atom. The van der Waals surface area contributed by atoms with Crippen LogP contribution in [0.25, 0.3) is 0 Å². The third kappa shape index (κ3) is 3.11. The molecule has 0 radical (unpaired) electrons. The van der Waals surface area contributed by atoms with Crippen LogP contribution in [0.2, 0.25) is 5.02 Å². The van der Waals surface area contributed by atoms with Crippen molar-refractivity contribution in [3.8, 4) is 0 Å². The molecule has 1 rings (SSSR count). The van der Waals surface area contributed by atoms with Crippen LogP contribution in [0.3, 0.4) is 0 Å². The van der Waals surface area contributed by atoms with Gasteiger partial charge in [0.2, 0.25) is 0 Å². The van der Waals surface area contributed by atoms with Crippen LogP contribution in [0, 0.1) is 5.82 Å². The SMILES string of the molecule is Cl.O=S(=O)(O)c1cc(F)ccc1Cl. The van der Waals surface area contributed by atoms with Crippen molar-refractivity contribution in [2.75, 3.05) is 0 Å². The first-order chi connectivity index (χ1) is 5.41. The van der Waals surface area contributed by atoms with Gasteiger partial charge < -0.3 is 0 Å². The topological polar surface area (TPSA) is 54.4 Å². The molecule has 0 unspecified atom stereocenters. The maximum Gasteiger partial charge on any atom is 0.296 e. The summed E-state index contributed by atoms with van der Waals surface area (Å²) in [5.74, 6) is -0.771. The molecule has 0 aliphatic rings. The molecular weight excluding hydrogens is 242 g/mol. The summed E-state index contributed by atoms with van der Waals surface area (Å²) in [4.78, 5) is -0.621. The zero-order valence-corrected chi connectivity index (χ0v) is 8.46. The predicted molar refractivity (Wildman–Crippen MR) is 48.5 cm³/mol. The van der Waals surface area contributed by atoms with Crippen molar-refractivity contribution in [3.63, 3.8) is 0 Å². The molecule has 7 heteroatoms. The lowest BCUT2D eigenvalue weighted by Crippen LogP contribution is -1.99. The molecule has 1 aromatic carbocycles. The van der Waals surface area contributed by atoms with Gasteiger partial charge in [0.1, 0.15) is 10.7 Å². The maximum atomic E-state index is 12.4. The van der Waals surface area contributed by atoms with Crippen molar-refractivity contribution in [3.05, 3.63) is 29.0 Å². The summed E-state index contributed by atoms with van der Waals surface area (Å²) in [5, 5.41) is -0.209. The average Bonchev–Trinajstić information content (AvgIpc) is 1.92. The Balaban J connectivity index is 0.00000144. The molecule has 0 aromatic heterocycles. The predicted octanol–water partition coefficient (Wildman–Crippen LogP) is 2.15. The number of rotatable bonds is 1. The molecule has 0 saturated heterocycles. The van der Waals surface area contributed by atoms with E-state index in [1.54, 1.807) is 0 Å². The first-order valence-electron chi connectivity index (χ1n) is 2.84. The largest absolute Gasteiger partial charge is 0.296 e. The summed E-state index contributed by atoms with van der Waals surface area (Å²) in [6, 6.07) is 2.70. The van der Waals surface area contributed by atoms with Gasteiger partial charge in [-0.3, -0.25) is 4.55 Å². The Bertz CT molecular complexity index is 404. The lowest BCUT2D eigenvalue weighted by atomic mass is 10.3. The van der Waals surface area contributed by atoms with Gasteiger partial charge in [0.25, 0.3) is 10.1 Å². The van der Waals surface area contributed by atoms with E-state index in [-0.39, 0.29) is 17.4 Å². The molecule has 3 nitrogen and oxygen atoms in total. The summed E-state index contributed by atoms with van der Waals surface area (Å²) in [6.07, 6.45) is 0. The summed E-state index contributed by atoms with van der Waals surface area (Å²) in [7, 11) is -4.43. The third-order valence-corrected chi connectivity index (χ3v) is 2.51. The minimum Gasteiger partial charge on any atom is -0.282 e. The van der Waals surface area contributed by atoms with Gasteiger partial charge in [-0.05, 0) is 18.2 Å². The first-order valence-corrected chi connectivity index (χ1v) is 4.65. The highest BCUT2D eigenvalue weighted by molar-refractivity contribution is 7.86. The fourth-order valence-electron chi connectivity index (χ4n) is 0.675. The minimum absolute atomic E-state index is 0. The quantitative estimate of drug-likeness (QED) is 0.773. The molecule has 0 aliphatic heterocycles. The van der Waals surface area contributed by atoms with Crippen molar-refractivity contribution in [1.29, 1.82) is 0 Å². The van der Waals surface area contributed by atoms with Gasteiger partial charge in [-0.15, -0.1) is 12.4 Å². The monoisotopic (exact) mass is 246 g/mol. The zero-order valence-electron chi connectivity index (χ0n) is 6.07. The van der Waals surface area contributed by atoms with Crippen molar-refractivity contribution in [2.24, 2.45) is 0 Å². The third-order valence-electron chi connectivity index (χ3n) is 1.17. The fourth-order valence-corrected chi connectivity index (χ4v) is 1.66. The van der Waals surface area contributed by atoms with Crippen LogP contribution >= 0.6 is 24.0 Å². The summed E-state index contributed by atoms with van der Waals surface area (Å²) in [6.45, 7) is 0. The summed E-state index contributed by atoms with van der Waals surface area (Å²) < 4.78 is 42.0. The Morgan fingerprint density at radius 1 is 1.38 bits per heavy atom. The van der Waals surface area contributed by atoms with Gasteiger partial charge in [-0.2, -0.15) is 8.42 Å².